The molecule has 0 radical (unpaired) electrons. The van der Waals surface area contributed by atoms with Crippen LogP contribution in [0, 0.1) is 6.92 Å². The van der Waals surface area contributed by atoms with E-state index >= 15 is 0 Å². The van der Waals surface area contributed by atoms with E-state index in [0.717, 1.165) is 26.2 Å². The Kier molecular flexibility index (Phi) is 7.29. The van der Waals surface area contributed by atoms with Crippen LogP contribution >= 0.6 is 46.9 Å². The number of benzene rings is 1. The summed E-state index contributed by atoms with van der Waals surface area (Å²) in [5, 5.41) is 4.81. The van der Waals surface area contributed by atoms with Gasteiger partial charge in [-0.25, -0.2) is 9.98 Å². The molecule has 2 rings (SSSR count). The van der Waals surface area contributed by atoms with Gasteiger partial charge in [0.05, 0.1) is 12.2 Å². The predicted octanol–water partition coefficient (Wildman–Crippen LogP) is 4.59. The van der Waals surface area contributed by atoms with Gasteiger partial charge in [-0.1, -0.05) is 23.7 Å². The number of nitrogens with zero attached hydrogens (tertiary/aromatic N) is 2. The number of aliphatic imine (C=N–C) groups is 1. The molecule has 0 amide bonds. The summed E-state index contributed by atoms with van der Waals surface area (Å²) in [4.78, 5) is 10.2. The van der Waals surface area contributed by atoms with Crippen LogP contribution in [-0.4, -0.2) is 16.5 Å². The largest absolute Gasteiger partial charge is 0.370 e. The molecule has 1 aromatic heterocycles. The fourth-order valence-electron chi connectivity index (χ4n) is 1.97. The smallest absolute Gasteiger partial charge is 0.189 e. The molecule has 0 unspecified atom stereocenters. The maximum absolute atomic E-state index is 5.93. The minimum atomic E-state index is -0.0964. The molecule has 0 saturated carbocycles. The molecule has 0 spiro atoms. The van der Waals surface area contributed by atoms with Crippen LogP contribution in [0.15, 0.2) is 29.3 Å². The SMILES string of the molecule is Cc1sc(CN=C(N)NC(C)(C)C)nc1-c1ccc(Cl)cc1.I. The van der Waals surface area contributed by atoms with E-state index in [1.807, 2.05) is 45.0 Å². The van der Waals surface area contributed by atoms with Crippen LogP contribution in [0.4, 0.5) is 0 Å². The lowest BCUT2D eigenvalue weighted by atomic mass is 10.1. The summed E-state index contributed by atoms with van der Waals surface area (Å²) in [5.74, 6) is 0.438. The monoisotopic (exact) mass is 464 g/mol. The number of aryl methyl sites for hydroxylation is 1. The minimum absolute atomic E-state index is 0. The summed E-state index contributed by atoms with van der Waals surface area (Å²) >= 11 is 7.56. The second-order valence-corrected chi connectivity index (χ2v) is 7.82. The average Bonchev–Trinajstić information content (AvgIpc) is 2.77. The van der Waals surface area contributed by atoms with E-state index in [1.165, 1.54) is 0 Å². The zero-order chi connectivity index (χ0) is 16.3. The molecule has 1 heterocycles. The Labute approximate surface area is 163 Å². The van der Waals surface area contributed by atoms with Crippen molar-refractivity contribution in [3.8, 4) is 11.3 Å². The van der Waals surface area contributed by atoms with Gasteiger partial charge >= 0.3 is 0 Å². The first-order valence-corrected chi connectivity index (χ1v) is 8.24. The van der Waals surface area contributed by atoms with E-state index in [9.17, 15) is 0 Å². The Morgan fingerprint density at radius 1 is 1.30 bits per heavy atom. The molecule has 0 aliphatic rings. The molecule has 126 valence electrons. The topological polar surface area (TPSA) is 63.3 Å². The Balaban J connectivity index is 0.00000264. The number of nitrogens with one attached hydrogen (secondary N) is 1. The van der Waals surface area contributed by atoms with Gasteiger partial charge < -0.3 is 11.1 Å². The van der Waals surface area contributed by atoms with Crippen molar-refractivity contribution in [2.75, 3.05) is 0 Å². The van der Waals surface area contributed by atoms with E-state index in [2.05, 4.69) is 22.2 Å². The highest BCUT2D eigenvalue weighted by Gasteiger charge is 2.12. The molecule has 0 aliphatic carbocycles. The van der Waals surface area contributed by atoms with Crippen molar-refractivity contribution in [1.82, 2.24) is 10.3 Å². The van der Waals surface area contributed by atoms with Crippen LogP contribution in [0.2, 0.25) is 5.02 Å². The third-order valence-electron chi connectivity index (χ3n) is 2.85. The van der Waals surface area contributed by atoms with E-state index in [0.29, 0.717) is 12.5 Å². The number of nitrogens with two attached hydrogens (primary N) is 1. The Bertz CT molecular complexity index is 674. The first kappa shape index (κ1) is 20.2. The Morgan fingerprint density at radius 2 is 1.91 bits per heavy atom. The molecular weight excluding hydrogens is 443 g/mol. The molecule has 0 bridgehead atoms. The van der Waals surface area contributed by atoms with Crippen LogP contribution < -0.4 is 11.1 Å². The van der Waals surface area contributed by atoms with Crippen molar-refractivity contribution in [2.45, 2.75) is 39.8 Å². The zero-order valence-electron chi connectivity index (χ0n) is 13.7. The van der Waals surface area contributed by atoms with Crippen molar-refractivity contribution in [3.05, 3.63) is 39.2 Å². The first-order valence-electron chi connectivity index (χ1n) is 7.05. The molecule has 3 N–H and O–H groups in total. The summed E-state index contributed by atoms with van der Waals surface area (Å²) in [7, 11) is 0. The standard InChI is InChI=1S/C16H21ClN4S.HI/c1-10-14(11-5-7-12(17)8-6-11)20-13(22-10)9-19-15(18)21-16(2,3)4;/h5-8H,9H2,1-4H3,(H3,18,19,21);1H. The van der Waals surface area contributed by atoms with E-state index < -0.39 is 0 Å². The highest BCUT2D eigenvalue weighted by molar-refractivity contribution is 14.0. The van der Waals surface area contributed by atoms with Gasteiger partial charge in [0.1, 0.15) is 5.01 Å². The van der Waals surface area contributed by atoms with Crippen molar-refractivity contribution >= 4 is 52.9 Å². The number of rotatable bonds is 3. The lowest BCUT2D eigenvalue weighted by molar-refractivity contribution is 0.508. The van der Waals surface area contributed by atoms with E-state index in [1.54, 1.807) is 11.3 Å². The summed E-state index contributed by atoms with van der Waals surface area (Å²) in [6.07, 6.45) is 0. The van der Waals surface area contributed by atoms with Crippen molar-refractivity contribution in [3.63, 3.8) is 0 Å². The zero-order valence-corrected chi connectivity index (χ0v) is 17.6. The molecule has 23 heavy (non-hydrogen) atoms. The van der Waals surface area contributed by atoms with Crippen LogP contribution in [-0.2, 0) is 6.54 Å². The van der Waals surface area contributed by atoms with Crippen molar-refractivity contribution < 1.29 is 0 Å². The quantitative estimate of drug-likeness (QED) is 0.397. The Morgan fingerprint density at radius 3 is 2.48 bits per heavy atom. The summed E-state index contributed by atoms with van der Waals surface area (Å²) in [6, 6.07) is 7.71. The van der Waals surface area contributed by atoms with Gasteiger partial charge in [-0.15, -0.1) is 35.3 Å². The number of halogens is 2. The second kappa shape index (κ2) is 8.30. The lowest BCUT2D eigenvalue weighted by Gasteiger charge is -2.20. The molecule has 2 aromatic rings. The molecular formula is C16H22ClIN4S. The van der Waals surface area contributed by atoms with Gasteiger partial charge in [0, 0.05) is 21.0 Å². The molecule has 0 atom stereocenters. The number of aromatic nitrogens is 1. The van der Waals surface area contributed by atoms with Crippen molar-refractivity contribution in [1.29, 1.82) is 0 Å². The van der Waals surface area contributed by atoms with Crippen LogP contribution in [0.1, 0.15) is 30.7 Å². The lowest BCUT2D eigenvalue weighted by Crippen LogP contribution is -2.44. The van der Waals surface area contributed by atoms with Gasteiger partial charge in [0.15, 0.2) is 5.96 Å². The predicted molar refractivity (Wildman–Crippen MR) is 111 cm³/mol. The van der Waals surface area contributed by atoms with Gasteiger partial charge in [-0.2, -0.15) is 0 Å². The third-order valence-corrected chi connectivity index (χ3v) is 4.05. The molecule has 4 nitrogen and oxygen atoms in total. The van der Waals surface area contributed by atoms with Gasteiger partial charge in [0.2, 0.25) is 0 Å². The van der Waals surface area contributed by atoms with Crippen LogP contribution in [0.25, 0.3) is 11.3 Å². The summed E-state index contributed by atoms with van der Waals surface area (Å²) < 4.78 is 0. The maximum Gasteiger partial charge on any atom is 0.189 e. The molecule has 0 fully saturated rings. The number of thiazole rings is 1. The molecule has 1 aromatic carbocycles. The summed E-state index contributed by atoms with van der Waals surface area (Å²) in [5.41, 5.74) is 7.83. The Hall–Kier alpha value is -0.860. The van der Waals surface area contributed by atoms with E-state index in [4.69, 9.17) is 17.3 Å². The highest BCUT2D eigenvalue weighted by Crippen LogP contribution is 2.28. The highest BCUT2D eigenvalue weighted by atomic mass is 127. The minimum Gasteiger partial charge on any atom is -0.370 e. The second-order valence-electron chi connectivity index (χ2n) is 6.10. The van der Waals surface area contributed by atoms with Crippen molar-refractivity contribution in [2.24, 2.45) is 10.7 Å². The first-order chi connectivity index (χ1) is 10.2. The number of hydrogen-bond acceptors (Lipinski definition) is 3. The number of hydrogen-bond donors (Lipinski definition) is 2. The normalized spacial score (nSPS) is 12.0. The third kappa shape index (κ3) is 6.27. The number of guanidine groups is 1. The molecule has 0 aliphatic heterocycles. The molecule has 0 saturated heterocycles. The van der Waals surface area contributed by atoms with Gasteiger partial charge in [-0.3, -0.25) is 0 Å². The van der Waals surface area contributed by atoms with Crippen LogP contribution in [0.5, 0.6) is 0 Å². The molecule has 7 heteroatoms. The van der Waals surface area contributed by atoms with Crippen LogP contribution in [0.3, 0.4) is 0 Å². The average molecular weight is 465 g/mol. The fourth-order valence-corrected chi connectivity index (χ4v) is 2.98. The van der Waals surface area contributed by atoms with Gasteiger partial charge in [0.25, 0.3) is 0 Å². The summed E-state index contributed by atoms with van der Waals surface area (Å²) in [6.45, 7) is 8.67. The van der Waals surface area contributed by atoms with Gasteiger partial charge in [-0.05, 0) is 39.8 Å². The maximum atomic E-state index is 5.93. The fraction of sp³-hybridized carbons (Fsp3) is 0.375. The van der Waals surface area contributed by atoms with E-state index in [-0.39, 0.29) is 29.5 Å².